The van der Waals surface area contributed by atoms with E-state index in [9.17, 15) is 4.79 Å². The fraction of sp³-hybridized carbons (Fsp3) is 0.250. The molecule has 5 nitrogen and oxygen atoms in total. The molecule has 0 bridgehead atoms. The molecule has 94 valence electrons. The molecule has 0 fully saturated rings. The monoisotopic (exact) mass is 309 g/mol. The summed E-state index contributed by atoms with van der Waals surface area (Å²) in [6.45, 7) is 3.83. The number of carboxylic acid groups (broad SMARTS) is 1. The number of nitrogens with zero attached hydrogens (tertiary/aromatic N) is 3. The molecule has 2 aromatic rings. The van der Waals surface area contributed by atoms with Crippen LogP contribution >= 0.6 is 15.9 Å². The van der Waals surface area contributed by atoms with Crippen molar-refractivity contribution in [2.24, 2.45) is 0 Å². The lowest BCUT2D eigenvalue weighted by atomic mass is 10.1. The van der Waals surface area contributed by atoms with Crippen molar-refractivity contribution in [3.63, 3.8) is 0 Å². The van der Waals surface area contributed by atoms with Gasteiger partial charge < -0.3 is 5.11 Å². The first kappa shape index (κ1) is 12.8. The van der Waals surface area contributed by atoms with Gasteiger partial charge in [-0.3, -0.25) is 0 Å². The van der Waals surface area contributed by atoms with Crippen LogP contribution in [0.3, 0.4) is 0 Å². The van der Waals surface area contributed by atoms with Crippen LogP contribution in [0, 0.1) is 0 Å². The third kappa shape index (κ3) is 2.15. The second-order valence-corrected chi connectivity index (χ2v) is 5.00. The van der Waals surface area contributed by atoms with Crippen molar-refractivity contribution in [1.29, 1.82) is 0 Å². The van der Waals surface area contributed by atoms with E-state index in [-0.39, 0.29) is 11.6 Å². The van der Waals surface area contributed by atoms with E-state index in [1.807, 2.05) is 38.1 Å². The lowest BCUT2D eigenvalue weighted by Crippen LogP contribution is -2.08. The molecule has 0 spiro atoms. The summed E-state index contributed by atoms with van der Waals surface area (Å²) in [5.41, 5.74) is 1.37. The first-order valence-corrected chi connectivity index (χ1v) is 6.25. The quantitative estimate of drug-likeness (QED) is 0.946. The van der Waals surface area contributed by atoms with Crippen LogP contribution < -0.4 is 0 Å². The van der Waals surface area contributed by atoms with Gasteiger partial charge in [0, 0.05) is 4.47 Å². The van der Waals surface area contributed by atoms with Gasteiger partial charge in [0.25, 0.3) is 0 Å². The number of rotatable bonds is 3. The summed E-state index contributed by atoms with van der Waals surface area (Å²) in [6.07, 6.45) is 0. The van der Waals surface area contributed by atoms with Crippen LogP contribution in [0.4, 0.5) is 0 Å². The van der Waals surface area contributed by atoms with Gasteiger partial charge in [0.1, 0.15) is 0 Å². The Morgan fingerprint density at radius 1 is 1.39 bits per heavy atom. The molecule has 0 atom stereocenters. The number of hydrogen-bond donors (Lipinski definition) is 1. The molecule has 1 N–H and O–H groups in total. The average Bonchev–Trinajstić information content (AvgIpc) is 2.74. The minimum absolute atomic E-state index is 0.000697. The number of benzene rings is 1. The smallest absolute Gasteiger partial charge is 0.358 e. The molecule has 0 radical (unpaired) electrons. The molecule has 0 aliphatic heterocycles. The van der Waals surface area contributed by atoms with Crippen molar-refractivity contribution < 1.29 is 9.90 Å². The zero-order chi connectivity index (χ0) is 13.3. The minimum Gasteiger partial charge on any atom is -0.476 e. The van der Waals surface area contributed by atoms with Gasteiger partial charge in [-0.2, -0.15) is 0 Å². The van der Waals surface area contributed by atoms with Crippen molar-refractivity contribution in [1.82, 2.24) is 15.0 Å². The second-order valence-electron chi connectivity index (χ2n) is 4.15. The highest BCUT2D eigenvalue weighted by Gasteiger charge is 2.22. The molecule has 0 saturated carbocycles. The highest BCUT2D eigenvalue weighted by molar-refractivity contribution is 9.10. The summed E-state index contributed by atoms with van der Waals surface area (Å²) in [7, 11) is 0. The summed E-state index contributed by atoms with van der Waals surface area (Å²) in [5.74, 6) is -1.05. The zero-order valence-electron chi connectivity index (χ0n) is 9.96. The zero-order valence-corrected chi connectivity index (χ0v) is 11.5. The Labute approximate surface area is 113 Å². The SMILES string of the molecule is CC(C)c1c(C(=O)O)nnn1-c1ccccc1Br. The Morgan fingerprint density at radius 3 is 2.61 bits per heavy atom. The first-order valence-electron chi connectivity index (χ1n) is 5.46. The molecule has 1 heterocycles. The Kier molecular flexibility index (Phi) is 3.47. The van der Waals surface area contributed by atoms with Gasteiger partial charge >= 0.3 is 5.97 Å². The predicted octanol–water partition coefficient (Wildman–Crippen LogP) is 2.85. The van der Waals surface area contributed by atoms with Gasteiger partial charge in [0.05, 0.1) is 11.4 Å². The van der Waals surface area contributed by atoms with Crippen molar-refractivity contribution in [3.8, 4) is 5.69 Å². The van der Waals surface area contributed by atoms with Gasteiger partial charge in [-0.1, -0.05) is 31.2 Å². The molecule has 0 aliphatic carbocycles. The molecule has 1 aromatic heterocycles. The van der Waals surface area contributed by atoms with E-state index in [0.29, 0.717) is 5.69 Å². The molecular weight excluding hydrogens is 298 g/mol. The number of halogens is 1. The van der Waals surface area contributed by atoms with Crippen LogP contribution in [-0.4, -0.2) is 26.1 Å². The van der Waals surface area contributed by atoms with Crippen LogP contribution in [0.25, 0.3) is 5.69 Å². The number of hydrogen-bond acceptors (Lipinski definition) is 3. The molecule has 6 heteroatoms. The van der Waals surface area contributed by atoms with Crippen LogP contribution in [0.5, 0.6) is 0 Å². The third-order valence-corrected chi connectivity index (χ3v) is 3.21. The van der Waals surface area contributed by atoms with E-state index in [2.05, 4.69) is 26.2 Å². The standard InChI is InChI=1S/C12H12BrN3O2/c1-7(2)11-10(12(17)18)14-15-16(11)9-6-4-3-5-8(9)13/h3-7H,1-2H3,(H,17,18). The molecule has 0 saturated heterocycles. The van der Waals surface area contributed by atoms with E-state index in [1.165, 1.54) is 0 Å². The van der Waals surface area contributed by atoms with Gasteiger partial charge in [-0.25, -0.2) is 9.48 Å². The van der Waals surface area contributed by atoms with E-state index < -0.39 is 5.97 Å². The van der Waals surface area contributed by atoms with Crippen LogP contribution in [0.15, 0.2) is 28.7 Å². The topological polar surface area (TPSA) is 68.0 Å². The number of carbonyl (C=O) groups is 1. The van der Waals surface area contributed by atoms with Crippen molar-refractivity contribution in [2.45, 2.75) is 19.8 Å². The highest BCUT2D eigenvalue weighted by Crippen LogP contribution is 2.26. The Bertz CT molecular complexity index is 593. The Hall–Kier alpha value is -1.69. The molecule has 18 heavy (non-hydrogen) atoms. The van der Waals surface area contributed by atoms with Gasteiger partial charge in [0.2, 0.25) is 0 Å². The summed E-state index contributed by atoms with van der Waals surface area (Å²) in [5, 5.41) is 16.8. The minimum atomic E-state index is -1.06. The van der Waals surface area contributed by atoms with Crippen LogP contribution in [-0.2, 0) is 0 Å². The normalized spacial score (nSPS) is 10.9. The van der Waals surface area contributed by atoms with E-state index >= 15 is 0 Å². The lowest BCUT2D eigenvalue weighted by Gasteiger charge is -2.11. The molecule has 0 aliphatic rings. The van der Waals surface area contributed by atoms with Crippen molar-refractivity contribution in [2.75, 3.05) is 0 Å². The van der Waals surface area contributed by atoms with Crippen molar-refractivity contribution >= 4 is 21.9 Å². The van der Waals surface area contributed by atoms with Gasteiger partial charge in [-0.15, -0.1) is 5.10 Å². The van der Waals surface area contributed by atoms with Gasteiger partial charge in [-0.05, 0) is 34.0 Å². The number of para-hydroxylation sites is 1. The number of aromatic nitrogens is 3. The maximum absolute atomic E-state index is 11.1. The maximum atomic E-state index is 11.1. The first-order chi connectivity index (χ1) is 8.52. The summed E-state index contributed by atoms with van der Waals surface area (Å²) in [6, 6.07) is 7.49. The summed E-state index contributed by atoms with van der Waals surface area (Å²) < 4.78 is 2.41. The fourth-order valence-electron chi connectivity index (χ4n) is 1.76. The van der Waals surface area contributed by atoms with Crippen LogP contribution in [0.1, 0.15) is 35.9 Å². The van der Waals surface area contributed by atoms with Crippen molar-refractivity contribution in [3.05, 3.63) is 40.1 Å². The van der Waals surface area contributed by atoms with E-state index in [4.69, 9.17) is 5.11 Å². The lowest BCUT2D eigenvalue weighted by molar-refractivity contribution is 0.0688. The number of carboxylic acids is 1. The van der Waals surface area contributed by atoms with E-state index in [1.54, 1.807) is 4.68 Å². The number of aromatic carboxylic acids is 1. The van der Waals surface area contributed by atoms with Crippen LogP contribution in [0.2, 0.25) is 0 Å². The molecule has 1 aromatic carbocycles. The van der Waals surface area contributed by atoms with Gasteiger partial charge in [0.15, 0.2) is 5.69 Å². The summed E-state index contributed by atoms with van der Waals surface area (Å²) >= 11 is 3.43. The largest absolute Gasteiger partial charge is 0.476 e. The maximum Gasteiger partial charge on any atom is 0.358 e. The summed E-state index contributed by atoms with van der Waals surface area (Å²) in [4.78, 5) is 11.1. The Morgan fingerprint density at radius 2 is 2.06 bits per heavy atom. The molecular formula is C12H12BrN3O2. The van der Waals surface area contributed by atoms with E-state index in [0.717, 1.165) is 10.2 Å². The average molecular weight is 310 g/mol. The third-order valence-electron chi connectivity index (χ3n) is 2.54. The second kappa shape index (κ2) is 4.89. The molecule has 2 rings (SSSR count). The highest BCUT2D eigenvalue weighted by atomic mass is 79.9. The Balaban J connectivity index is 2.66. The molecule has 0 amide bonds. The molecule has 0 unspecified atom stereocenters. The predicted molar refractivity (Wildman–Crippen MR) is 70.1 cm³/mol. The fourth-order valence-corrected chi connectivity index (χ4v) is 2.21.